The molecule has 21 heavy (non-hydrogen) atoms. The zero-order valence-corrected chi connectivity index (χ0v) is 14.2. The van der Waals surface area contributed by atoms with Gasteiger partial charge >= 0.3 is 0 Å². The number of halogens is 2. The summed E-state index contributed by atoms with van der Waals surface area (Å²) in [5.74, 6) is -0.414. The van der Waals surface area contributed by atoms with Gasteiger partial charge in [0.15, 0.2) is 0 Å². The second kappa shape index (κ2) is 6.86. The number of hydrogen-bond acceptors (Lipinski definition) is 3. The van der Waals surface area contributed by atoms with Crippen LogP contribution >= 0.6 is 31.9 Å². The van der Waals surface area contributed by atoms with E-state index in [1.165, 1.54) is 10.9 Å². The van der Waals surface area contributed by atoms with E-state index in [9.17, 15) is 9.59 Å². The molecule has 0 atom stereocenters. The van der Waals surface area contributed by atoms with Gasteiger partial charge in [-0.25, -0.2) is 0 Å². The van der Waals surface area contributed by atoms with Crippen LogP contribution in [0.2, 0.25) is 0 Å². The molecule has 1 aromatic carbocycles. The van der Waals surface area contributed by atoms with Crippen molar-refractivity contribution < 1.29 is 9.59 Å². The van der Waals surface area contributed by atoms with Crippen molar-refractivity contribution in [1.29, 1.82) is 0 Å². The molecule has 0 unspecified atom stereocenters. The number of amides is 2. The highest BCUT2D eigenvalue weighted by atomic mass is 79.9. The standard InChI is InChI=1S/C13H12Br2N4O2/c1-16-12(20)7-19-6-11(5-17-19)18-13(21)8-2-9(14)4-10(15)3-8/h2-6H,7H2,1H3,(H,16,20)(H,18,21). The van der Waals surface area contributed by atoms with Crippen LogP contribution in [0.5, 0.6) is 0 Å². The van der Waals surface area contributed by atoms with Gasteiger partial charge in [-0.05, 0) is 18.2 Å². The van der Waals surface area contributed by atoms with Gasteiger partial charge in [0.2, 0.25) is 5.91 Å². The average molecular weight is 416 g/mol. The minimum absolute atomic E-state index is 0.106. The van der Waals surface area contributed by atoms with Gasteiger partial charge in [-0.15, -0.1) is 0 Å². The minimum Gasteiger partial charge on any atom is -0.358 e. The van der Waals surface area contributed by atoms with Gasteiger partial charge in [-0.3, -0.25) is 14.3 Å². The average Bonchev–Trinajstić information content (AvgIpc) is 2.84. The number of carbonyl (C=O) groups excluding carboxylic acids is 2. The molecule has 0 aliphatic heterocycles. The van der Waals surface area contributed by atoms with Crippen LogP contribution in [0.25, 0.3) is 0 Å². The summed E-state index contributed by atoms with van der Waals surface area (Å²) in [5, 5.41) is 9.24. The molecular formula is C13H12Br2N4O2. The molecule has 2 aromatic rings. The summed E-state index contributed by atoms with van der Waals surface area (Å²) >= 11 is 6.67. The SMILES string of the molecule is CNC(=O)Cn1cc(NC(=O)c2cc(Br)cc(Br)c2)cn1. The molecule has 2 N–H and O–H groups in total. The van der Waals surface area contributed by atoms with Crippen LogP contribution < -0.4 is 10.6 Å². The maximum atomic E-state index is 12.1. The summed E-state index contributed by atoms with van der Waals surface area (Å²) in [6.45, 7) is 0.106. The second-order valence-corrected chi connectivity index (χ2v) is 6.04. The monoisotopic (exact) mass is 414 g/mol. The van der Waals surface area contributed by atoms with Crippen LogP contribution in [0.3, 0.4) is 0 Å². The van der Waals surface area contributed by atoms with E-state index in [0.717, 1.165) is 8.95 Å². The fourth-order valence-electron chi connectivity index (χ4n) is 1.63. The highest BCUT2D eigenvalue weighted by molar-refractivity contribution is 9.11. The summed E-state index contributed by atoms with van der Waals surface area (Å²) in [5.41, 5.74) is 1.04. The van der Waals surface area contributed by atoms with Gasteiger partial charge in [-0.1, -0.05) is 31.9 Å². The molecule has 0 saturated carbocycles. The molecule has 8 heteroatoms. The van der Waals surface area contributed by atoms with Crippen molar-refractivity contribution in [2.45, 2.75) is 6.54 Å². The van der Waals surface area contributed by atoms with Crippen LogP contribution in [0.4, 0.5) is 5.69 Å². The second-order valence-electron chi connectivity index (χ2n) is 4.21. The number of rotatable bonds is 4. The number of nitrogens with zero attached hydrogens (tertiary/aromatic N) is 2. The van der Waals surface area contributed by atoms with Crippen molar-refractivity contribution in [3.63, 3.8) is 0 Å². The summed E-state index contributed by atoms with van der Waals surface area (Å²) in [7, 11) is 1.56. The van der Waals surface area contributed by atoms with Gasteiger partial charge in [0.25, 0.3) is 5.91 Å². The lowest BCUT2D eigenvalue weighted by molar-refractivity contribution is -0.121. The van der Waals surface area contributed by atoms with E-state index in [1.54, 1.807) is 25.4 Å². The molecule has 0 saturated heterocycles. The number of anilines is 1. The Hall–Kier alpha value is -1.67. The van der Waals surface area contributed by atoms with Crippen molar-refractivity contribution in [2.24, 2.45) is 0 Å². The highest BCUT2D eigenvalue weighted by Crippen LogP contribution is 2.21. The first kappa shape index (κ1) is 15.7. The number of aromatic nitrogens is 2. The zero-order valence-electron chi connectivity index (χ0n) is 11.1. The van der Waals surface area contributed by atoms with E-state index >= 15 is 0 Å². The van der Waals surface area contributed by atoms with Crippen molar-refractivity contribution in [3.8, 4) is 0 Å². The Kier molecular flexibility index (Phi) is 5.13. The number of hydrogen-bond donors (Lipinski definition) is 2. The molecule has 0 spiro atoms. The summed E-state index contributed by atoms with van der Waals surface area (Å²) in [6.07, 6.45) is 3.09. The molecule has 110 valence electrons. The lowest BCUT2D eigenvalue weighted by Gasteiger charge is -2.04. The van der Waals surface area contributed by atoms with E-state index in [0.29, 0.717) is 11.3 Å². The molecular weight excluding hydrogens is 404 g/mol. The lowest BCUT2D eigenvalue weighted by Crippen LogP contribution is -2.23. The third-order valence-corrected chi connectivity index (χ3v) is 3.52. The van der Waals surface area contributed by atoms with Gasteiger partial charge < -0.3 is 10.6 Å². The van der Waals surface area contributed by atoms with Gasteiger partial charge in [-0.2, -0.15) is 5.10 Å². The number of carbonyl (C=O) groups is 2. The van der Waals surface area contributed by atoms with Crippen LogP contribution in [-0.4, -0.2) is 28.6 Å². The van der Waals surface area contributed by atoms with Crippen LogP contribution in [0, 0.1) is 0 Å². The molecule has 0 radical (unpaired) electrons. The van der Waals surface area contributed by atoms with Crippen molar-refractivity contribution in [1.82, 2.24) is 15.1 Å². The quantitative estimate of drug-likeness (QED) is 0.804. The molecule has 0 bridgehead atoms. The van der Waals surface area contributed by atoms with Crippen molar-refractivity contribution in [3.05, 3.63) is 45.1 Å². The topological polar surface area (TPSA) is 76.0 Å². The zero-order chi connectivity index (χ0) is 15.4. The first-order chi connectivity index (χ1) is 9.97. The summed E-state index contributed by atoms with van der Waals surface area (Å²) in [6, 6.07) is 5.28. The van der Waals surface area contributed by atoms with Gasteiger partial charge in [0.1, 0.15) is 6.54 Å². The fourth-order valence-corrected chi connectivity index (χ4v) is 2.92. The first-order valence-corrected chi connectivity index (χ1v) is 7.57. The highest BCUT2D eigenvalue weighted by Gasteiger charge is 2.10. The number of nitrogens with one attached hydrogen (secondary N) is 2. The Labute approximate surface area is 138 Å². The Morgan fingerprint density at radius 2 is 1.90 bits per heavy atom. The van der Waals surface area contributed by atoms with Crippen LogP contribution in [0.1, 0.15) is 10.4 Å². The van der Waals surface area contributed by atoms with E-state index in [4.69, 9.17) is 0 Å². The van der Waals surface area contributed by atoms with E-state index < -0.39 is 0 Å². The minimum atomic E-state index is -0.253. The van der Waals surface area contributed by atoms with E-state index in [-0.39, 0.29) is 18.4 Å². The molecule has 6 nitrogen and oxygen atoms in total. The van der Waals surface area contributed by atoms with E-state index in [1.807, 2.05) is 6.07 Å². The summed E-state index contributed by atoms with van der Waals surface area (Å²) in [4.78, 5) is 23.4. The molecule has 1 aromatic heterocycles. The van der Waals surface area contributed by atoms with Crippen molar-refractivity contribution >= 4 is 49.4 Å². The Morgan fingerprint density at radius 3 is 2.52 bits per heavy atom. The Morgan fingerprint density at radius 1 is 1.24 bits per heavy atom. The third-order valence-electron chi connectivity index (χ3n) is 2.60. The Bertz CT molecular complexity index is 664. The molecule has 0 aliphatic carbocycles. The van der Waals surface area contributed by atoms with Gasteiger partial charge in [0, 0.05) is 27.8 Å². The molecule has 1 heterocycles. The predicted octanol–water partition coefficient (Wildman–Crippen LogP) is 2.41. The molecule has 2 rings (SSSR count). The lowest BCUT2D eigenvalue weighted by atomic mass is 10.2. The van der Waals surface area contributed by atoms with E-state index in [2.05, 4.69) is 47.6 Å². The van der Waals surface area contributed by atoms with Crippen LogP contribution in [-0.2, 0) is 11.3 Å². The molecule has 0 aliphatic rings. The maximum absolute atomic E-state index is 12.1. The summed E-state index contributed by atoms with van der Waals surface area (Å²) < 4.78 is 3.06. The molecule has 2 amide bonds. The number of benzene rings is 1. The molecule has 0 fully saturated rings. The first-order valence-electron chi connectivity index (χ1n) is 5.98. The normalized spacial score (nSPS) is 10.2. The predicted molar refractivity (Wildman–Crippen MR) is 86.1 cm³/mol. The van der Waals surface area contributed by atoms with Crippen LogP contribution in [0.15, 0.2) is 39.5 Å². The van der Waals surface area contributed by atoms with Gasteiger partial charge in [0.05, 0.1) is 11.9 Å². The third kappa shape index (κ3) is 4.40. The maximum Gasteiger partial charge on any atom is 0.255 e. The number of likely N-dealkylation sites (N-methyl/N-ethyl adjacent to an activating group) is 1. The fraction of sp³-hybridized carbons (Fsp3) is 0.154. The Balaban J connectivity index is 2.07. The van der Waals surface area contributed by atoms with Crippen molar-refractivity contribution in [2.75, 3.05) is 12.4 Å². The largest absolute Gasteiger partial charge is 0.358 e. The smallest absolute Gasteiger partial charge is 0.255 e.